The largest absolute Gasteiger partial charge is 0.311 e. The fourth-order valence-corrected chi connectivity index (χ4v) is 9.91. The van der Waals surface area contributed by atoms with Gasteiger partial charge in [0.05, 0.1) is 5.69 Å². The maximum absolute atomic E-state index is 2.61. The molecule has 3 nitrogen and oxygen atoms in total. The molecule has 8 aromatic rings. The Bertz CT molecular complexity index is 2920. The third-order valence-electron chi connectivity index (χ3n) is 12.9. The van der Waals surface area contributed by atoms with E-state index in [1.165, 1.54) is 78.2 Å². The maximum atomic E-state index is 2.61. The molecule has 3 heterocycles. The molecule has 0 spiro atoms. The molecule has 60 heavy (non-hydrogen) atoms. The van der Waals surface area contributed by atoms with Crippen LogP contribution in [-0.2, 0) is 10.8 Å². The predicted molar refractivity (Wildman–Crippen MR) is 257 cm³/mol. The van der Waals surface area contributed by atoms with E-state index >= 15 is 0 Å². The first-order valence-corrected chi connectivity index (χ1v) is 21.3. The third-order valence-corrected chi connectivity index (χ3v) is 12.9. The lowest BCUT2D eigenvalue weighted by atomic mass is 9.33. The number of fused-ring (bicyclic) bond motifs is 9. The molecule has 0 aliphatic carbocycles. The summed E-state index contributed by atoms with van der Waals surface area (Å²) in [5.41, 5.74) is 22.3. The SMILES string of the molecule is CC(C)(C)c1ccc(N2c3cc(N(c4ccccc4)c4ccccc4)ccc3B3c4cccc5c4N(c4ccccc4-c4ccccc4-5)c4cc(C(C)(C)C)cc2c43)cc1. The highest BCUT2D eigenvalue weighted by molar-refractivity contribution is 7.00. The smallest absolute Gasteiger partial charge is 0.252 e. The second-order valence-electron chi connectivity index (χ2n) is 18.6. The van der Waals surface area contributed by atoms with E-state index < -0.39 is 0 Å². The summed E-state index contributed by atoms with van der Waals surface area (Å²) in [6, 6.07) is 68.1. The van der Waals surface area contributed by atoms with E-state index in [0.717, 1.165) is 22.7 Å². The topological polar surface area (TPSA) is 9.72 Å². The van der Waals surface area contributed by atoms with Crippen molar-refractivity contribution in [3.63, 3.8) is 0 Å². The van der Waals surface area contributed by atoms with Gasteiger partial charge in [0.2, 0.25) is 0 Å². The van der Waals surface area contributed by atoms with E-state index in [-0.39, 0.29) is 17.5 Å². The lowest BCUT2D eigenvalue weighted by Crippen LogP contribution is -2.61. The van der Waals surface area contributed by atoms with Crippen LogP contribution in [0.5, 0.6) is 0 Å². The second kappa shape index (κ2) is 13.4. The average Bonchev–Trinajstić information content (AvgIpc) is 3.38. The van der Waals surface area contributed by atoms with Gasteiger partial charge in [-0.15, -0.1) is 0 Å². The Labute approximate surface area is 355 Å². The van der Waals surface area contributed by atoms with Crippen LogP contribution in [0.1, 0.15) is 52.7 Å². The van der Waals surface area contributed by atoms with Gasteiger partial charge in [-0.2, -0.15) is 0 Å². The fraction of sp³-hybridized carbons (Fsp3) is 0.143. The Hall–Kier alpha value is -6.78. The van der Waals surface area contributed by atoms with Crippen LogP contribution in [0, 0.1) is 0 Å². The van der Waals surface area contributed by atoms with Crippen LogP contribution in [-0.4, -0.2) is 6.71 Å². The van der Waals surface area contributed by atoms with Crippen LogP contribution in [0.15, 0.2) is 182 Å². The molecular formula is C56H48BN3. The highest BCUT2D eigenvalue weighted by atomic mass is 15.2. The number of hydrogen-bond acceptors (Lipinski definition) is 3. The van der Waals surface area contributed by atoms with Gasteiger partial charge in [-0.1, -0.05) is 157 Å². The van der Waals surface area contributed by atoms with Gasteiger partial charge in [0.1, 0.15) is 0 Å². The van der Waals surface area contributed by atoms with Gasteiger partial charge in [0.25, 0.3) is 6.71 Å². The van der Waals surface area contributed by atoms with Crippen molar-refractivity contribution in [1.29, 1.82) is 0 Å². The molecule has 0 N–H and O–H groups in total. The molecule has 290 valence electrons. The Morgan fingerprint density at radius 1 is 0.383 bits per heavy atom. The van der Waals surface area contributed by atoms with Gasteiger partial charge >= 0.3 is 0 Å². The monoisotopic (exact) mass is 773 g/mol. The summed E-state index contributed by atoms with van der Waals surface area (Å²) in [6.45, 7) is 13.9. The van der Waals surface area contributed by atoms with E-state index in [0.29, 0.717) is 0 Å². The summed E-state index contributed by atoms with van der Waals surface area (Å²) in [5.74, 6) is 0. The second-order valence-corrected chi connectivity index (χ2v) is 18.6. The molecule has 0 amide bonds. The zero-order chi connectivity index (χ0) is 40.9. The minimum Gasteiger partial charge on any atom is -0.311 e. The number of para-hydroxylation sites is 4. The molecule has 0 saturated heterocycles. The Morgan fingerprint density at radius 2 is 0.933 bits per heavy atom. The standard InChI is InChI=1S/C56H48BN3/c1-55(2,3)37-28-30-41(31-29-37)59-50-36-42(58(39-18-9-7-10-19-39)40-20-11-8-12-21-40)32-33-47(50)57-48-26-17-25-46-44-23-14-13-22-43(44)45-24-15-16-27-49(45)60(54(46)48)52-35-38(56(4,5)6)34-51(59)53(52)57/h7-36H,1-6H3. The molecular weight excluding hydrogens is 725 g/mol. The molecule has 3 aliphatic rings. The van der Waals surface area contributed by atoms with Crippen molar-refractivity contribution in [3.8, 4) is 22.3 Å². The minimum atomic E-state index is -0.115. The van der Waals surface area contributed by atoms with Gasteiger partial charge in [-0.3, -0.25) is 0 Å². The van der Waals surface area contributed by atoms with Gasteiger partial charge in [0.15, 0.2) is 0 Å². The van der Waals surface area contributed by atoms with Crippen molar-refractivity contribution in [1.82, 2.24) is 0 Å². The summed E-state index contributed by atoms with van der Waals surface area (Å²) >= 11 is 0. The molecule has 0 saturated carbocycles. The first kappa shape index (κ1) is 36.3. The highest BCUT2D eigenvalue weighted by Crippen LogP contribution is 2.54. The Kier molecular flexibility index (Phi) is 8.09. The normalized spacial score (nSPS) is 13.4. The summed E-state index contributed by atoms with van der Waals surface area (Å²) in [7, 11) is 0. The Morgan fingerprint density at radius 3 is 1.57 bits per heavy atom. The van der Waals surface area contributed by atoms with E-state index in [1.807, 2.05) is 0 Å². The van der Waals surface area contributed by atoms with Crippen LogP contribution in [0.3, 0.4) is 0 Å². The fourth-order valence-electron chi connectivity index (χ4n) is 9.91. The van der Waals surface area contributed by atoms with E-state index in [2.05, 4.69) is 238 Å². The van der Waals surface area contributed by atoms with Crippen LogP contribution < -0.4 is 31.1 Å². The molecule has 11 rings (SSSR count). The number of anilines is 9. The van der Waals surface area contributed by atoms with Crippen LogP contribution >= 0.6 is 0 Å². The Balaban J connectivity index is 1.25. The molecule has 0 radical (unpaired) electrons. The highest BCUT2D eigenvalue weighted by Gasteiger charge is 2.46. The van der Waals surface area contributed by atoms with Crippen molar-refractivity contribution in [2.45, 2.75) is 52.4 Å². The molecule has 3 aliphatic heterocycles. The van der Waals surface area contributed by atoms with Crippen LogP contribution in [0.4, 0.5) is 51.2 Å². The first-order valence-electron chi connectivity index (χ1n) is 21.3. The van der Waals surface area contributed by atoms with Crippen molar-refractivity contribution in [2.24, 2.45) is 0 Å². The predicted octanol–water partition coefficient (Wildman–Crippen LogP) is 13.5. The molecule has 4 heteroatoms. The van der Waals surface area contributed by atoms with Gasteiger partial charge in [0, 0.05) is 56.6 Å². The van der Waals surface area contributed by atoms with Crippen molar-refractivity contribution in [2.75, 3.05) is 14.7 Å². The average molecular weight is 774 g/mol. The summed E-state index contributed by atoms with van der Waals surface area (Å²) in [5, 5.41) is 0. The molecule has 0 unspecified atom stereocenters. The summed E-state index contributed by atoms with van der Waals surface area (Å²) < 4.78 is 0. The van der Waals surface area contributed by atoms with Crippen molar-refractivity contribution >= 4 is 74.3 Å². The molecule has 0 aromatic heterocycles. The van der Waals surface area contributed by atoms with Crippen LogP contribution in [0.25, 0.3) is 22.3 Å². The molecule has 0 atom stereocenters. The lowest BCUT2D eigenvalue weighted by Gasteiger charge is -2.45. The number of nitrogens with zero attached hydrogens (tertiary/aromatic N) is 3. The summed E-state index contributed by atoms with van der Waals surface area (Å²) in [4.78, 5) is 7.56. The van der Waals surface area contributed by atoms with Crippen molar-refractivity contribution in [3.05, 3.63) is 193 Å². The lowest BCUT2D eigenvalue weighted by molar-refractivity contribution is 0.590. The van der Waals surface area contributed by atoms with E-state index in [9.17, 15) is 0 Å². The quantitative estimate of drug-likeness (QED) is 0.165. The maximum Gasteiger partial charge on any atom is 0.252 e. The summed E-state index contributed by atoms with van der Waals surface area (Å²) in [6.07, 6.45) is 0. The third kappa shape index (κ3) is 5.58. The molecule has 8 aromatic carbocycles. The molecule has 0 bridgehead atoms. The van der Waals surface area contributed by atoms with Gasteiger partial charge in [-0.25, -0.2) is 0 Å². The van der Waals surface area contributed by atoms with Gasteiger partial charge in [-0.05, 0) is 116 Å². The number of benzene rings is 8. The molecule has 0 fully saturated rings. The minimum absolute atomic E-state index is 0.00342. The number of rotatable bonds is 4. The number of hydrogen-bond donors (Lipinski definition) is 0. The zero-order valence-corrected chi connectivity index (χ0v) is 35.2. The van der Waals surface area contributed by atoms with E-state index in [1.54, 1.807) is 0 Å². The zero-order valence-electron chi connectivity index (χ0n) is 35.2. The first-order chi connectivity index (χ1) is 29.1. The van der Waals surface area contributed by atoms with Crippen molar-refractivity contribution < 1.29 is 0 Å². The van der Waals surface area contributed by atoms with Gasteiger partial charge < -0.3 is 14.7 Å². The van der Waals surface area contributed by atoms with Crippen LogP contribution in [0.2, 0.25) is 0 Å². The van der Waals surface area contributed by atoms with E-state index in [4.69, 9.17) is 0 Å².